The molecule has 0 spiro atoms. The molecule has 0 unspecified atom stereocenters. The Labute approximate surface area is 99.3 Å². The third-order valence-electron chi connectivity index (χ3n) is 3.21. The van der Waals surface area contributed by atoms with E-state index in [1.807, 2.05) is 24.3 Å². The molecule has 1 aromatic rings. The van der Waals surface area contributed by atoms with Crippen LogP contribution in [-0.4, -0.2) is 34.9 Å². The summed E-state index contributed by atoms with van der Waals surface area (Å²) in [5, 5.41) is 21.3. The first kappa shape index (κ1) is 11.9. The standard InChI is InChI=1S/C12H16N2O3/c13-9(12(16)17)5-8-7-3-1-2-4-10(7)14-11(8)6-15/h1-4,8-9,11,14-15H,5-6,13H2,(H,16,17)/t8-,9-,11+/m0/s1. The number of hydrogen-bond donors (Lipinski definition) is 4. The topological polar surface area (TPSA) is 95.6 Å². The van der Waals surface area contributed by atoms with Gasteiger partial charge in [0.05, 0.1) is 12.6 Å². The van der Waals surface area contributed by atoms with Crippen LogP contribution in [0.4, 0.5) is 5.69 Å². The predicted molar refractivity (Wildman–Crippen MR) is 63.9 cm³/mol. The number of aliphatic hydroxyl groups is 1. The van der Waals surface area contributed by atoms with Crippen LogP contribution in [0.2, 0.25) is 0 Å². The van der Waals surface area contributed by atoms with Crippen LogP contribution in [0.3, 0.4) is 0 Å². The third-order valence-corrected chi connectivity index (χ3v) is 3.21. The van der Waals surface area contributed by atoms with E-state index in [0.29, 0.717) is 6.42 Å². The van der Waals surface area contributed by atoms with Crippen molar-refractivity contribution in [2.75, 3.05) is 11.9 Å². The summed E-state index contributed by atoms with van der Waals surface area (Å²) in [4.78, 5) is 10.8. The third kappa shape index (κ3) is 2.25. The maximum absolute atomic E-state index is 10.8. The van der Waals surface area contributed by atoms with Gasteiger partial charge in [-0.25, -0.2) is 0 Å². The molecular weight excluding hydrogens is 220 g/mol. The average molecular weight is 236 g/mol. The Kier molecular flexibility index (Phi) is 3.31. The molecule has 0 aromatic heterocycles. The molecule has 1 heterocycles. The van der Waals surface area contributed by atoms with Crippen molar-refractivity contribution < 1.29 is 15.0 Å². The van der Waals surface area contributed by atoms with Crippen molar-refractivity contribution in [3.05, 3.63) is 29.8 Å². The van der Waals surface area contributed by atoms with Crippen LogP contribution in [-0.2, 0) is 4.79 Å². The summed E-state index contributed by atoms with van der Waals surface area (Å²) in [7, 11) is 0. The monoisotopic (exact) mass is 236 g/mol. The first-order chi connectivity index (χ1) is 8.13. The summed E-state index contributed by atoms with van der Waals surface area (Å²) in [5.41, 5.74) is 7.55. The first-order valence-electron chi connectivity index (χ1n) is 5.58. The quantitative estimate of drug-likeness (QED) is 0.605. The van der Waals surface area contributed by atoms with Crippen molar-refractivity contribution in [2.24, 2.45) is 5.73 Å². The second kappa shape index (κ2) is 4.73. The average Bonchev–Trinajstić information content (AvgIpc) is 2.67. The fourth-order valence-electron chi connectivity index (χ4n) is 2.31. The number of anilines is 1. The molecule has 1 aliphatic rings. The lowest BCUT2D eigenvalue weighted by molar-refractivity contribution is -0.138. The molecule has 5 N–H and O–H groups in total. The fraction of sp³-hybridized carbons (Fsp3) is 0.417. The van der Waals surface area contributed by atoms with E-state index in [1.54, 1.807) is 0 Å². The number of carbonyl (C=O) groups is 1. The molecule has 0 saturated heterocycles. The Balaban J connectivity index is 2.21. The Morgan fingerprint density at radius 1 is 1.47 bits per heavy atom. The number of aliphatic carboxylic acids is 1. The Hall–Kier alpha value is -1.59. The number of hydrogen-bond acceptors (Lipinski definition) is 4. The minimum atomic E-state index is -1.01. The molecule has 0 bridgehead atoms. The maximum Gasteiger partial charge on any atom is 0.320 e. The van der Waals surface area contributed by atoms with E-state index in [1.165, 1.54) is 0 Å². The molecule has 92 valence electrons. The van der Waals surface area contributed by atoms with E-state index >= 15 is 0 Å². The second-order valence-corrected chi connectivity index (χ2v) is 4.31. The Morgan fingerprint density at radius 2 is 2.18 bits per heavy atom. The highest BCUT2D eigenvalue weighted by Gasteiger charge is 2.33. The van der Waals surface area contributed by atoms with Crippen LogP contribution in [0.1, 0.15) is 17.9 Å². The van der Waals surface area contributed by atoms with Gasteiger partial charge in [-0.3, -0.25) is 4.79 Å². The van der Waals surface area contributed by atoms with Gasteiger partial charge in [0.2, 0.25) is 0 Å². The van der Waals surface area contributed by atoms with Gasteiger partial charge in [-0.1, -0.05) is 18.2 Å². The minimum Gasteiger partial charge on any atom is -0.480 e. The molecule has 0 fully saturated rings. The highest BCUT2D eigenvalue weighted by atomic mass is 16.4. The Morgan fingerprint density at radius 3 is 2.82 bits per heavy atom. The fourth-order valence-corrected chi connectivity index (χ4v) is 2.31. The van der Waals surface area contributed by atoms with Gasteiger partial charge in [-0.05, 0) is 18.1 Å². The van der Waals surface area contributed by atoms with Gasteiger partial charge in [-0.2, -0.15) is 0 Å². The predicted octanol–water partition coefficient (Wildman–Crippen LogP) is 0.359. The van der Waals surface area contributed by atoms with E-state index in [-0.39, 0.29) is 18.6 Å². The maximum atomic E-state index is 10.8. The largest absolute Gasteiger partial charge is 0.480 e. The summed E-state index contributed by atoms with van der Waals surface area (Å²) in [6, 6.07) is 6.61. The lowest BCUT2D eigenvalue weighted by atomic mass is 9.89. The summed E-state index contributed by atoms with van der Waals surface area (Å²) in [6.07, 6.45) is 0.324. The molecule has 1 aromatic carbocycles. The minimum absolute atomic E-state index is 0.0360. The van der Waals surface area contributed by atoms with Crippen molar-refractivity contribution in [3.8, 4) is 0 Å². The summed E-state index contributed by atoms with van der Waals surface area (Å²) in [5.74, 6) is -1.06. The molecule has 0 aliphatic carbocycles. The van der Waals surface area contributed by atoms with Crippen molar-refractivity contribution in [3.63, 3.8) is 0 Å². The molecule has 5 nitrogen and oxygen atoms in total. The van der Waals surface area contributed by atoms with Crippen LogP contribution in [0, 0.1) is 0 Å². The lowest BCUT2D eigenvalue weighted by Crippen LogP contribution is -2.35. The van der Waals surface area contributed by atoms with Crippen LogP contribution in [0.15, 0.2) is 24.3 Å². The lowest BCUT2D eigenvalue weighted by Gasteiger charge is -2.20. The molecule has 5 heteroatoms. The van der Waals surface area contributed by atoms with Crippen molar-refractivity contribution in [1.82, 2.24) is 0 Å². The Bertz CT molecular complexity index is 422. The van der Waals surface area contributed by atoms with E-state index in [0.717, 1.165) is 11.3 Å². The van der Waals surface area contributed by atoms with Crippen LogP contribution in [0.5, 0.6) is 0 Å². The number of carboxylic acid groups (broad SMARTS) is 1. The molecular formula is C12H16N2O3. The molecule has 17 heavy (non-hydrogen) atoms. The van der Waals surface area contributed by atoms with Gasteiger partial charge < -0.3 is 21.3 Å². The van der Waals surface area contributed by atoms with Gasteiger partial charge in [0.25, 0.3) is 0 Å². The van der Waals surface area contributed by atoms with Gasteiger partial charge >= 0.3 is 5.97 Å². The van der Waals surface area contributed by atoms with E-state index in [4.69, 9.17) is 10.8 Å². The smallest absolute Gasteiger partial charge is 0.320 e. The van der Waals surface area contributed by atoms with Crippen LogP contribution >= 0.6 is 0 Å². The number of benzene rings is 1. The van der Waals surface area contributed by atoms with Gasteiger partial charge in [0.1, 0.15) is 6.04 Å². The number of carboxylic acids is 1. The molecule has 2 rings (SSSR count). The zero-order valence-electron chi connectivity index (χ0n) is 9.34. The number of fused-ring (bicyclic) bond motifs is 1. The molecule has 1 aliphatic heterocycles. The van der Waals surface area contributed by atoms with Crippen molar-refractivity contribution in [1.29, 1.82) is 0 Å². The SMILES string of the molecule is N[C@@H](C[C@H]1c2ccccc2N[C@@H]1CO)C(=O)O. The first-order valence-corrected chi connectivity index (χ1v) is 5.58. The zero-order chi connectivity index (χ0) is 12.4. The summed E-state index contributed by atoms with van der Waals surface area (Å²) in [6.45, 7) is -0.0360. The van der Waals surface area contributed by atoms with Crippen LogP contribution < -0.4 is 11.1 Å². The highest BCUT2D eigenvalue weighted by molar-refractivity contribution is 5.73. The zero-order valence-corrected chi connectivity index (χ0v) is 9.34. The summed E-state index contributed by atoms with van der Waals surface area (Å²) < 4.78 is 0. The molecule has 0 amide bonds. The number of nitrogens with one attached hydrogen (secondary N) is 1. The normalized spacial score (nSPS) is 23.9. The van der Waals surface area contributed by atoms with Gasteiger partial charge in [0.15, 0.2) is 0 Å². The summed E-state index contributed by atoms with van der Waals surface area (Å²) >= 11 is 0. The van der Waals surface area contributed by atoms with Crippen molar-refractivity contribution in [2.45, 2.75) is 24.4 Å². The van der Waals surface area contributed by atoms with E-state index in [2.05, 4.69) is 5.32 Å². The number of para-hydroxylation sites is 1. The van der Waals surface area contributed by atoms with Crippen LogP contribution in [0.25, 0.3) is 0 Å². The van der Waals surface area contributed by atoms with E-state index in [9.17, 15) is 9.90 Å². The van der Waals surface area contributed by atoms with Gasteiger partial charge in [0, 0.05) is 11.6 Å². The van der Waals surface area contributed by atoms with Crippen molar-refractivity contribution >= 4 is 11.7 Å². The highest BCUT2D eigenvalue weighted by Crippen LogP contribution is 2.38. The molecule has 0 radical (unpaired) electrons. The molecule has 3 atom stereocenters. The molecule has 0 saturated carbocycles. The number of aliphatic hydroxyl groups excluding tert-OH is 1. The number of nitrogens with two attached hydrogens (primary N) is 1. The number of rotatable bonds is 4. The van der Waals surface area contributed by atoms with Gasteiger partial charge in [-0.15, -0.1) is 0 Å². The van der Waals surface area contributed by atoms with E-state index < -0.39 is 12.0 Å². The second-order valence-electron chi connectivity index (χ2n) is 4.31.